The Labute approximate surface area is 221 Å². The molecule has 3 aromatic rings. The fraction of sp³-hybridized carbons (Fsp3) is 0.222. The fourth-order valence-electron chi connectivity index (χ4n) is 3.68. The molecule has 0 heterocycles. The summed E-state index contributed by atoms with van der Waals surface area (Å²) in [5, 5.41) is 2.60. The lowest BCUT2D eigenvalue weighted by Crippen LogP contribution is -2.45. The van der Waals surface area contributed by atoms with Crippen molar-refractivity contribution in [3.63, 3.8) is 0 Å². The molecule has 2 N–H and O–H groups in total. The van der Waals surface area contributed by atoms with Crippen molar-refractivity contribution in [2.75, 3.05) is 26.6 Å². The van der Waals surface area contributed by atoms with Crippen LogP contribution >= 0.6 is 0 Å². The van der Waals surface area contributed by atoms with E-state index in [1.807, 2.05) is 0 Å². The molecule has 1 unspecified atom stereocenters. The first kappa shape index (κ1) is 28.4. The lowest BCUT2D eigenvalue weighted by molar-refractivity contribution is -0.117. The van der Waals surface area contributed by atoms with Gasteiger partial charge in [0.15, 0.2) is 0 Å². The molecule has 38 heavy (non-hydrogen) atoms. The third-order valence-electron chi connectivity index (χ3n) is 5.55. The molecular formula is C27H28N2O8S. The number of methoxy groups -OCH3 is 3. The SMILES string of the molecule is COC(=O)c1cc(NC(=O)C(Cc2ccccc2)NS(=O)(=O)c2cc(C)ccc2OC)cc(C(=O)OC)c1. The molecule has 0 saturated carbocycles. The van der Waals surface area contributed by atoms with Crippen molar-refractivity contribution in [2.45, 2.75) is 24.3 Å². The topological polar surface area (TPSA) is 137 Å². The van der Waals surface area contributed by atoms with Crippen molar-refractivity contribution in [3.05, 3.63) is 89.0 Å². The Bertz CT molecular complexity index is 1400. The zero-order valence-electron chi connectivity index (χ0n) is 21.3. The normalized spacial score (nSPS) is 11.8. The Morgan fingerprint density at radius 2 is 1.45 bits per heavy atom. The summed E-state index contributed by atoms with van der Waals surface area (Å²) in [6.07, 6.45) is 0.0145. The molecule has 11 heteroatoms. The van der Waals surface area contributed by atoms with E-state index in [0.717, 1.165) is 0 Å². The van der Waals surface area contributed by atoms with E-state index in [0.29, 0.717) is 11.1 Å². The summed E-state index contributed by atoms with van der Waals surface area (Å²) in [5.74, 6) is -2.07. The van der Waals surface area contributed by atoms with E-state index >= 15 is 0 Å². The highest BCUT2D eigenvalue weighted by atomic mass is 32.2. The maximum absolute atomic E-state index is 13.4. The number of amides is 1. The van der Waals surface area contributed by atoms with Gasteiger partial charge >= 0.3 is 11.9 Å². The molecule has 0 radical (unpaired) electrons. The molecule has 0 saturated heterocycles. The van der Waals surface area contributed by atoms with Crippen LogP contribution in [0.25, 0.3) is 0 Å². The van der Waals surface area contributed by atoms with Crippen LogP contribution in [0.4, 0.5) is 5.69 Å². The van der Waals surface area contributed by atoms with Crippen LogP contribution in [0.3, 0.4) is 0 Å². The Hall–Kier alpha value is -4.22. The predicted molar refractivity (Wildman–Crippen MR) is 140 cm³/mol. The Kier molecular flexibility index (Phi) is 9.21. The number of ether oxygens (including phenoxy) is 3. The molecular weight excluding hydrogens is 512 g/mol. The summed E-state index contributed by atoms with van der Waals surface area (Å²) in [5.41, 5.74) is 1.45. The second-order valence-corrected chi connectivity index (χ2v) is 9.97. The minimum atomic E-state index is -4.22. The maximum Gasteiger partial charge on any atom is 0.337 e. The van der Waals surface area contributed by atoms with Crippen molar-refractivity contribution in [1.29, 1.82) is 0 Å². The van der Waals surface area contributed by atoms with Gasteiger partial charge in [0.1, 0.15) is 16.7 Å². The standard InChI is InChI=1S/C27H28N2O8S/c1-17-10-11-23(35-2)24(12-17)38(33,34)29-22(13-18-8-6-5-7-9-18)25(30)28-21-15-19(26(31)36-3)14-20(16-21)27(32)37-4/h5-12,14-16,22,29H,13H2,1-4H3,(H,28,30). The Morgan fingerprint density at radius 1 is 0.842 bits per heavy atom. The second kappa shape index (κ2) is 12.3. The van der Waals surface area contributed by atoms with Crippen LogP contribution in [0.5, 0.6) is 5.75 Å². The first-order valence-electron chi connectivity index (χ1n) is 11.4. The number of esters is 2. The highest BCUT2D eigenvalue weighted by molar-refractivity contribution is 7.89. The second-order valence-electron chi connectivity index (χ2n) is 8.29. The quantitative estimate of drug-likeness (QED) is 0.374. The van der Waals surface area contributed by atoms with Gasteiger partial charge in [0.2, 0.25) is 15.9 Å². The van der Waals surface area contributed by atoms with E-state index < -0.39 is 33.9 Å². The summed E-state index contributed by atoms with van der Waals surface area (Å²) < 4.78 is 43.9. The van der Waals surface area contributed by atoms with E-state index in [9.17, 15) is 22.8 Å². The number of benzene rings is 3. The predicted octanol–water partition coefficient (Wildman–Crippen LogP) is 3.11. The van der Waals surface area contributed by atoms with Gasteiger partial charge in [-0.2, -0.15) is 4.72 Å². The van der Waals surface area contributed by atoms with E-state index in [-0.39, 0.29) is 33.9 Å². The molecule has 1 amide bonds. The van der Waals surface area contributed by atoms with Crippen molar-refractivity contribution >= 4 is 33.6 Å². The molecule has 0 aliphatic carbocycles. The van der Waals surface area contributed by atoms with Crippen molar-refractivity contribution < 1.29 is 37.0 Å². The molecule has 3 rings (SSSR count). The monoisotopic (exact) mass is 540 g/mol. The summed E-state index contributed by atoms with van der Waals surface area (Å²) in [6.45, 7) is 1.74. The number of rotatable bonds is 10. The van der Waals surface area contributed by atoms with Crippen LogP contribution in [0.15, 0.2) is 71.6 Å². The van der Waals surface area contributed by atoms with Crippen molar-refractivity contribution in [2.24, 2.45) is 0 Å². The Morgan fingerprint density at radius 3 is 2.00 bits per heavy atom. The number of hydrogen-bond donors (Lipinski definition) is 2. The fourth-order valence-corrected chi connectivity index (χ4v) is 5.13. The van der Waals surface area contributed by atoms with Gasteiger partial charge in [-0.05, 0) is 54.8 Å². The van der Waals surface area contributed by atoms with Crippen LogP contribution in [0.2, 0.25) is 0 Å². The summed E-state index contributed by atoms with van der Waals surface area (Å²) in [4.78, 5) is 37.6. The van der Waals surface area contributed by atoms with Gasteiger partial charge in [-0.25, -0.2) is 18.0 Å². The van der Waals surface area contributed by atoms with Gasteiger partial charge in [-0.15, -0.1) is 0 Å². The molecule has 0 spiro atoms. The van der Waals surface area contributed by atoms with Crippen molar-refractivity contribution in [1.82, 2.24) is 4.72 Å². The molecule has 0 fully saturated rings. The lowest BCUT2D eigenvalue weighted by Gasteiger charge is -2.20. The number of aryl methyl sites for hydroxylation is 1. The van der Waals surface area contributed by atoms with E-state index in [4.69, 9.17) is 14.2 Å². The lowest BCUT2D eigenvalue weighted by atomic mass is 10.1. The molecule has 0 aliphatic rings. The number of nitrogens with one attached hydrogen (secondary N) is 2. The van der Waals surface area contributed by atoms with Gasteiger partial charge in [-0.1, -0.05) is 36.4 Å². The van der Waals surface area contributed by atoms with Gasteiger partial charge in [-0.3, -0.25) is 4.79 Å². The van der Waals surface area contributed by atoms with Gasteiger partial charge < -0.3 is 19.5 Å². The number of carbonyl (C=O) groups excluding carboxylic acids is 3. The zero-order chi connectivity index (χ0) is 27.9. The van der Waals surface area contributed by atoms with Gasteiger partial charge in [0.05, 0.1) is 32.5 Å². The maximum atomic E-state index is 13.4. The third-order valence-corrected chi connectivity index (χ3v) is 7.04. The van der Waals surface area contributed by atoms with Crippen LogP contribution in [0.1, 0.15) is 31.8 Å². The smallest absolute Gasteiger partial charge is 0.337 e. The summed E-state index contributed by atoms with van der Waals surface area (Å²) in [7, 11) is -0.513. The van der Waals surface area contributed by atoms with Crippen LogP contribution in [0, 0.1) is 6.92 Å². The third kappa shape index (κ3) is 6.96. The minimum Gasteiger partial charge on any atom is -0.495 e. The highest BCUT2D eigenvalue weighted by Gasteiger charge is 2.29. The average molecular weight is 541 g/mol. The summed E-state index contributed by atoms with van der Waals surface area (Å²) in [6, 6.07) is 16.2. The minimum absolute atomic E-state index is 0.00427. The van der Waals surface area contributed by atoms with Crippen LogP contribution in [-0.2, 0) is 30.7 Å². The van der Waals surface area contributed by atoms with Gasteiger partial charge in [0, 0.05) is 5.69 Å². The van der Waals surface area contributed by atoms with E-state index in [2.05, 4.69) is 10.0 Å². The first-order valence-corrected chi connectivity index (χ1v) is 12.9. The van der Waals surface area contributed by atoms with Crippen LogP contribution in [-0.4, -0.2) is 53.6 Å². The molecule has 200 valence electrons. The molecule has 0 aromatic heterocycles. The molecule has 1 atom stereocenters. The molecule has 0 bridgehead atoms. The highest BCUT2D eigenvalue weighted by Crippen LogP contribution is 2.25. The number of sulfonamides is 1. The number of anilines is 1. The largest absolute Gasteiger partial charge is 0.495 e. The van der Waals surface area contributed by atoms with E-state index in [1.165, 1.54) is 51.7 Å². The Balaban J connectivity index is 1.99. The molecule has 10 nitrogen and oxygen atoms in total. The average Bonchev–Trinajstić information content (AvgIpc) is 2.91. The molecule has 0 aliphatic heterocycles. The van der Waals surface area contributed by atoms with Crippen molar-refractivity contribution in [3.8, 4) is 5.75 Å². The van der Waals surface area contributed by atoms with E-state index in [1.54, 1.807) is 43.3 Å². The first-order chi connectivity index (χ1) is 18.1. The molecule has 3 aromatic carbocycles. The zero-order valence-corrected chi connectivity index (χ0v) is 22.1. The summed E-state index contributed by atoms with van der Waals surface area (Å²) >= 11 is 0. The van der Waals surface area contributed by atoms with Crippen LogP contribution < -0.4 is 14.8 Å². The van der Waals surface area contributed by atoms with Gasteiger partial charge in [0.25, 0.3) is 0 Å². The number of hydrogen-bond acceptors (Lipinski definition) is 8. The number of carbonyl (C=O) groups is 3.